The maximum atomic E-state index is 5.29. The summed E-state index contributed by atoms with van der Waals surface area (Å²) in [6, 6.07) is 0. The smallest absolute Gasteiger partial charge is 0.0700 e. The molecule has 80 valence electrons. The van der Waals surface area contributed by atoms with Crippen molar-refractivity contribution in [2.75, 3.05) is 52.0 Å². The van der Waals surface area contributed by atoms with Crippen LogP contribution in [0.4, 0.5) is 0 Å². The number of ether oxygens (including phenoxy) is 2. The average Bonchev–Trinajstić information content (AvgIpc) is 2.16. The topological polar surface area (TPSA) is 30.5 Å². The van der Waals surface area contributed by atoms with Gasteiger partial charge < -0.3 is 14.8 Å². The predicted molar refractivity (Wildman–Crippen MR) is 58.6 cm³/mol. The van der Waals surface area contributed by atoms with Crippen LogP contribution in [0.1, 0.15) is 6.42 Å². The van der Waals surface area contributed by atoms with Crippen molar-refractivity contribution in [3.8, 4) is 0 Å². The van der Waals surface area contributed by atoms with Crippen molar-refractivity contribution in [3.63, 3.8) is 0 Å². The normalized spacial score (nSPS) is 10.6. The van der Waals surface area contributed by atoms with Gasteiger partial charge in [-0.15, -0.1) is 0 Å². The standard InChI is InChI=1S/C9H21NO2S/c1-11-7-8-12-6-5-10-4-3-9-13-2/h10H,3-9H2,1-2H3. The van der Waals surface area contributed by atoms with E-state index in [1.54, 1.807) is 7.11 Å². The van der Waals surface area contributed by atoms with Gasteiger partial charge in [0.15, 0.2) is 0 Å². The van der Waals surface area contributed by atoms with Gasteiger partial charge in [-0.3, -0.25) is 0 Å². The van der Waals surface area contributed by atoms with E-state index in [9.17, 15) is 0 Å². The number of hydrogen-bond acceptors (Lipinski definition) is 4. The molecule has 0 saturated heterocycles. The quantitative estimate of drug-likeness (QED) is 0.541. The summed E-state index contributed by atoms with van der Waals surface area (Å²) in [4.78, 5) is 0. The molecule has 0 amide bonds. The minimum absolute atomic E-state index is 0.687. The van der Waals surface area contributed by atoms with Gasteiger partial charge in [-0.2, -0.15) is 11.8 Å². The zero-order valence-corrected chi connectivity index (χ0v) is 9.49. The monoisotopic (exact) mass is 207 g/mol. The lowest BCUT2D eigenvalue weighted by Gasteiger charge is -2.04. The number of hydrogen-bond donors (Lipinski definition) is 1. The number of rotatable bonds is 10. The molecule has 1 N–H and O–H groups in total. The van der Waals surface area contributed by atoms with Crippen molar-refractivity contribution >= 4 is 11.8 Å². The third-order valence-corrected chi connectivity index (χ3v) is 2.25. The fraction of sp³-hybridized carbons (Fsp3) is 1.00. The van der Waals surface area contributed by atoms with E-state index in [1.807, 2.05) is 11.8 Å². The van der Waals surface area contributed by atoms with Gasteiger partial charge in [-0.25, -0.2) is 0 Å². The van der Waals surface area contributed by atoms with Crippen LogP contribution in [0.2, 0.25) is 0 Å². The second kappa shape index (κ2) is 12.2. The Hall–Kier alpha value is 0.230. The maximum Gasteiger partial charge on any atom is 0.0700 e. The first kappa shape index (κ1) is 13.2. The van der Waals surface area contributed by atoms with Crippen LogP contribution in [0.25, 0.3) is 0 Å². The molecule has 0 unspecified atom stereocenters. The van der Waals surface area contributed by atoms with Crippen molar-refractivity contribution in [2.24, 2.45) is 0 Å². The SMILES string of the molecule is COCCOCCNCCCSC. The third-order valence-electron chi connectivity index (χ3n) is 1.56. The second-order valence-corrected chi connectivity index (χ2v) is 3.69. The molecule has 0 spiro atoms. The molecule has 0 aliphatic heterocycles. The van der Waals surface area contributed by atoms with E-state index in [0.717, 1.165) is 19.7 Å². The molecule has 0 heterocycles. The van der Waals surface area contributed by atoms with Crippen LogP contribution < -0.4 is 5.32 Å². The number of nitrogens with one attached hydrogen (secondary N) is 1. The fourth-order valence-electron chi connectivity index (χ4n) is 0.855. The lowest BCUT2D eigenvalue weighted by molar-refractivity contribution is 0.0721. The molecule has 0 aromatic carbocycles. The predicted octanol–water partition coefficient (Wildman–Crippen LogP) is 0.992. The Bertz CT molecular complexity index is 83.7. The summed E-state index contributed by atoms with van der Waals surface area (Å²) in [6.45, 7) is 4.20. The Morgan fingerprint density at radius 1 is 1.15 bits per heavy atom. The summed E-state index contributed by atoms with van der Waals surface area (Å²) in [5.74, 6) is 1.23. The van der Waals surface area contributed by atoms with Crippen molar-refractivity contribution in [3.05, 3.63) is 0 Å². The van der Waals surface area contributed by atoms with Crippen LogP contribution in [0, 0.1) is 0 Å². The molecule has 0 bridgehead atoms. The molecule has 4 heteroatoms. The van der Waals surface area contributed by atoms with Crippen molar-refractivity contribution in [1.82, 2.24) is 5.32 Å². The largest absolute Gasteiger partial charge is 0.382 e. The van der Waals surface area contributed by atoms with Gasteiger partial charge in [0, 0.05) is 13.7 Å². The molecule has 0 radical (unpaired) electrons. The summed E-state index contributed by atoms with van der Waals surface area (Å²) in [7, 11) is 1.68. The molecule has 0 atom stereocenters. The lowest BCUT2D eigenvalue weighted by Crippen LogP contribution is -2.22. The van der Waals surface area contributed by atoms with E-state index in [0.29, 0.717) is 13.2 Å². The molecule has 13 heavy (non-hydrogen) atoms. The second-order valence-electron chi connectivity index (χ2n) is 2.70. The lowest BCUT2D eigenvalue weighted by atomic mass is 10.5. The molecular formula is C9H21NO2S. The maximum absolute atomic E-state index is 5.29. The van der Waals surface area contributed by atoms with Gasteiger partial charge in [0.05, 0.1) is 19.8 Å². The van der Waals surface area contributed by atoms with Crippen LogP contribution in [-0.4, -0.2) is 52.0 Å². The Morgan fingerprint density at radius 3 is 2.69 bits per heavy atom. The van der Waals surface area contributed by atoms with Crippen molar-refractivity contribution in [2.45, 2.75) is 6.42 Å². The number of methoxy groups -OCH3 is 1. The van der Waals surface area contributed by atoms with Gasteiger partial charge in [0.25, 0.3) is 0 Å². The Morgan fingerprint density at radius 2 is 2.00 bits per heavy atom. The van der Waals surface area contributed by atoms with Gasteiger partial charge in [-0.1, -0.05) is 0 Å². The van der Waals surface area contributed by atoms with E-state index in [2.05, 4.69) is 11.6 Å². The Balaban J connectivity index is 2.76. The van der Waals surface area contributed by atoms with Crippen LogP contribution in [0.5, 0.6) is 0 Å². The van der Waals surface area contributed by atoms with E-state index >= 15 is 0 Å². The fourth-order valence-corrected chi connectivity index (χ4v) is 1.29. The highest BCUT2D eigenvalue weighted by Crippen LogP contribution is 1.92. The first-order valence-electron chi connectivity index (χ1n) is 4.68. The molecule has 0 aromatic heterocycles. The van der Waals surface area contributed by atoms with Crippen LogP contribution in [0.15, 0.2) is 0 Å². The Kier molecular flexibility index (Phi) is 12.4. The van der Waals surface area contributed by atoms with E-state index in [1.165, 1.54) is 12.2 Å². The molecule has 0 rings (SSSR count). The van der Waals surface area contributed by atoms with Crippen molar-refractivity contribution < 1.29 is 9.47 Å². The van der Waals surface area contributed by atoms with Gasteiger partial charge in [-0.05, 0) is 25.0 Å². The Labute approximate surface area is 85.6 Å². The molecule has 0 aliphatic rings. The van der Waals surface area contributed by atoms with Gasteiger partial charge in [0.1, 0.15) is 0 Å². The zero-order valence-electron chi connectivity index (χ0n) is 8.67. The molecule has 0 fully saturated rings. The van der Waals surface area contributed by atoms with Gasteiger partial charge >= 0.3 is 0 Å². The van der Waals surface area contributed by atoms with E-state index in [-0.39, 0.29) is 0 Å². The van der Waals surface area contributed by atoms with Crippen molar-refractivity contribution in [1.29, 1.82) is 0 Å². The average molecular weight is 207 g/mol. The molecule has 3 nitrogen and oxygen atoms in total. The molecule has 0 saturated carbocycles. The van der Waals surface area contributed by atoms with Crippen LogP contribution in [-0.2, 0) is 9.47 Å². The van der Waals surface area contributed by atoms with Crippen LogP contribution in [0.3, 0.4) is 0 Å². The van der Waals surface area contributed by atoms with Crippen LogP contribution >= 0.6 is 11.8 Å². The summed E-state index contributed by atoms with van der Waals surface area (Å²) >= 11 is 1.89. The third kappa shape index (κ3) is 12.2. The first-order valence-corrected chi connectivity index (χ1v) is 6.07. The number of thioether (sulfide) groups is 1. The first-order chi connectivity index (χ1) is 6.41. The summed E-state index contributed by atoms with van der Waals surface area (Å²) < 4.78 is 10.1. The summed E-state index contributed by atoms with van der Waals surface area (Å²) in [5, 5.41) is 3.32. The highest BCUT2D eigenvalue weighted by Gasteiger charge is 1.88. The molecule has 0 aliphatic carbocycles. The zero-order chi connectivity index (χ0) is 9.78. The molecular weight excluding hydrogens is 186 g/mol. The summed E-state index contributed by atoms with van der Waals surface area (Å²) in [5.41, 5.74) is 0. The minimum Gasteiger partial charge on any atom is -0.382 e. The summed E-state index contributed by atoms with van der Waals surface area (Å²) in [6.07, 6.45) is 3.37. The van der Waals surface area contributed by atoms with E-state index < -0.39 is 0 Å². The molecule has 0 aromatic rings. The minimum atomic E-state index is 0.687. The van der Waals surface area contributed by atoms with Gasteiger partial charge in [0.2, 0.25) is 0 Å². The highest BCUT2D eigenvalue weighted by molar-refractivity contribution is 7.98. The van der Waals surface area contributed by atoms with E-state index in [4.69, 9.17) is 9.47 Å². The highest BCUT2D eigenvalue weighted by atomic mass is 32.2.